The van der Waals surface area contributed by atoms with E-state index in [0.717, 1.165) is 52.1 Å². The first-order valence-corrected chi connectivity index (χ1v) is 13.7. The largest absolute Gasteiger partial charge is 0.494 e. The monoisotopic (exact) mass is 558 g/mol. The van der Waals surface area contributed by atoms with Gasteiger partial charge in [-0.3, -0.25) is 4.79 Å². The zero-order chi connectivity index (χ0) is 25.8. The number of carbonyl (C=O) groups is 1. The molecule has 1 heterocycles. The highest BCUT2D eigenvalue weighted by atomic mass is 79.9. The third-order valence-corrected chi connectivity index (χ3v) is 7.39. The average Bonchev–Trinajstić information content (AvgIpc) is 3.31. The molecule has 1 saturated carbocycles. The predicted molar refractivity (Wildman–Crippen MR) is 151 cm³/mol. The first kappa shape index (κ1) is 25.3. The van der Waals surface area contributed by atoms with E-state index in [1.807, 2.05) is 62.4 Å². The van der Waals surface area contributed by atoms with Gasteiger partial charge in [-0.05, 0) is 104 Å². The van der Waals surface area contributed by atoms with Crippen molar-refractivity contribution in [2.24, 2.45) is 11.0 Å². The second kappa shape index (κ2) is 11.3. The third-order valence-electron chi connectivity index (χ3n) is 6.87. The summed E-state index contributed by atoms with van der Waals surface area (Å²) in [6.45, 7) is 5.23. The number of fused-ring (bicyclic) bond motifs is 1. The van der Waals surface area contributed by atoms with Crippen LogP contribution in [0.15, 0.2) is 87.9 Å². The van der Waals surface area contributed by atoms with Crippen LogP contribution in [-0.2, 0) is 0 Å². The van der Waals surface area contributed by atoms with Crippen LogP contribution in [-0.4, -0.2) is 29.8 Å². The smallest absolute Gasteiger partial charge is 0.274 e. The summed E-state index contributed by atoms with van der Waals surface area (Å²) in [5.74, 6) is 1.75. The van der Waals surface area contributed by atoms with Crippen LogP contribution < -0.4 is 9.47 Å². The van der Waals surface area contributed by atoms with Crippen LogP contribution >= 0.6 is 15.9 Å². The summed E-state index contributed by atoms with van der Waals surface area (Å²) in [5.41, 5.74) is 5.02. The van der Waals surface area contributed by atoms with E-state index in [9.17, 15) is 4.79 Å². The highest BCUT2D eigenvalue weighted by Gasteiger charge is 2.43. The van der Waals surface area contributed by atoms with Crippen molar-refractivity contribution >= 4 is 33.6 Å². The number of hydrogen-bond donors (Lipinski definition) is 0. The molecule has 5 rings (SSSR count). The number of rotatable bonds is 7. The quantitative estimate of drug-likeness (QED) is 0.298. The van der Waals surface area contributed by atoms with Crippen molar-refractivity contribution < 1.29 is 14.3 Å². The van der Waals surface area contributed by atoms with E-state index in [2.05, 4.69) is 46.3 Å². The molecule has 1 fully saturated rings. The summed E-state index contributed by atoms with van der Waals surface area (Å²) < 4.78 is 12.2. The first-order valence-electron chi connectivity index (χ1n) is 12.9. The van der Waals surface area contributed by atoms with E-state index in [1.165, 1.54) is 5.57 Å². The average molecular weight is 560 g/mol. The second-order valence-corrected chi connectivity index (χ2v) is 10.2. The fourth-order valence-electron chi connectivity index (χ4n) is 5.18. The maximum atomic E-state index is 13.8. The normalized spacial score (nSPS) is 19.9. The third kappa shape index (κ3) is 5.49. The fraction of sp³-hybridized carbons (Fsp3) is 0.290. The molecule has 0 N–H and O–H groups in total. The van der Waals surface area contributed by atoms with E-state index in [4.69, 9.17) is 14.6 Å². The number of nitrogens with zero attached hydrogens (tertiary/aromatic N) is 2. The minimum Gasteiger partial charge on any atom is -0.494 e. The van der Waals surface area contributed by atoms with Crippen LogP contribution in [0.25, 0.3) is 6.08 Å². The second-order valence-electron chi connectivity index (χ2n) is 9.26. The number of hydrogen-bond acceptors (Lipinski definition) is 4. The number of allylic oxidation sites excluding steroid dienone is 1. The molecular formula is C31H31BrN2O3. The number of carbonyl (C=O) groups excluding carboxylic acids is 1. The highest BCUT2D eigenvalue weighted by molar-refractivity contribution is 9.10. The number of amides is 1. The van der Waals surface area contributed by atoms with Gasteiger partial charge in [-0.25, -0.2) is 5.01 Å². The molecule has 3 aromatic carbocycles. The molecular weight excluding hydrogens is 528 g/mol. The molecule has 2 atom stereocenters. The highest BCUT2D eigenvalue weighted by Crippen LogP contribution is 2.45. The Balaban J connectivity index is 1.52. The van der Waals surface area contributed by atoms with Crippen LogP contribution in [0.1, 0.15) is 60.6 Å². The van der Waals surface area contributed by atoms with Gasteiger partial charge in [0.2, 0.25) is 0 Å². The van der Waals surface area contributed by atoms with Gasteiger partial charge in [-0.1, -0.05) is 40.2 Å². The Morgan fingerprint density at radius 2 is 1.57 bits per heavy atom. The molecule has 1 aliphatic heterocycles. The lowest BCUT2D eigenvalue weighted by atomic mass is 9.77. The Bertz CT molecular complexity index is 1300. The molecule has 0 saturated heterocycles. The summed E-state index contributed by atoms with van der Waals surface area (Å²) in [4.78, 5) is 13.8. The van der Waals surface area contributed by atoms with Crippen molar-refractivity contribution in [1.82, 2.24) is 5.01 Å². The summed E-state index contributed by atoms with van der Waals surface area (Å²) in [6, 6.07) is 23.6. The minimum atomic E-state index is -0.161. The van der Waals surface area contributed by atoms with Gasteiger partial charge in [-0.15, -0.1) is 0 Å². The van der Waals surface area contributed by atoms with Crippen molar-refractivity contribution in [3.8, 4) is 11.5 Å². The number of benzene rings is 3. The maximum Gasteiger partial charge on any atom is 0.274 e. The lowest BCUT2D eigenvalue weighted by Crippen LogP contribution is -2.31. The van der Waals surface area contributed by atoms with Crippen LogP contribution in [0.2, 0.25) is 0 Å². The lowest BCUT2D eigenvalue weighted by Gasteiger charge is -2.29. The zero-order valence-electron chi connectivity index (χ0n) is 21.2. The summed E-state index contributed by atoms with van der Waals surface area (Å²) in [6.07, 6.45) is 5.20. The van der Waals surface area contributed by atoms with Gasteiger partial charge in [0, 0.05) is 16.0 Å². The van der Waals surface area contributed by atoms with E-state index in [0.29, 0.717) is 18.8 Å². The predicted octanol–water partition coefficient (Wildman–Crippen LogP) is 7.68. The van der Waals surface area contributed by atoms with Crippen molar-refractivity contribution in [3.63, 3.8) is 0 Å². The van der Waals surface area contributed by atoms with Crippen LogP contribution in [0, 0.1) is 5.92 Å². The first-order chi connectivity index (χ1) is 18.1. The Morgan fingerprint density at radius 3 is 2.19 bits per heavy atom. The zero-order valence-corrected chi connectivity index (χ0v) is 22.8. The molecule has 2 aliphatic rings. The van der Waals surface area contributed by atoms with Crippen molar-refractivity contribution in [2.75, 3.05) is 13.2 Å². The number of ether oxygens (including phenoxy) is 2. The molecule has 0 radical (unpaired) electrons. The molecule has 2 unspecified atom stereocenters. The number of hydrazone groups is 1. The lowest BCUT2D eigenvalue weighted by molar-refractivity contribution is 0.0681. The molecule has 6 heteroatoms. The van der Waals surface area contributed by atoms with Crippen LogP contribution in [0.3, 0.4) is 0 Å². The molecule has 0 spiro atoms. The maximum absolute atomic E-state index is 13.8. The SMILES string of the molecule is CCOc1ccc(C=C2CCCC3C2=NN(C(=O)c2ccc(Br)cc2)C3c2ccc(OCC)cc2)cc1. The Kier molecular flexibility index (Phi) is 7.75. The molecule has 5 nitrogen and oxygen atoms in total. The Morgan fingerprint density at radius 1 is 0.946 bits per heavy atom. The molecule has 0 bridgehead atoms. The van der Waals surface area contributed by atoms with E-state index < -0.39 is 0 Å². The molecule has 190 valence electrons. The standard InChI is InChI=1S/C31H31BrN2O3/c1-3-36-26-16-8-21(9-17-26)20-24-6-5-7-28-29(24)33-34(31(35)23-10-14-25(32)15-11-23)30(28)22-12-18-27(19-13-22)37-4-2/h8-20,28,30H,3-7H2,1-2H3. The van der Waals surface area contributed by atoms with E-state index in [1.54, 1.807) is 5.01 Å². The number of halogens is 1. The molecule has 0 aromatic heterocycles. The topological polar surface area (TPSA) is 51.1 Å². The fourth-order valence-corrected chi connectivity index (χ4v) is 5.45. The summed E-state index contributed by atoms with van der Waals surface area (Å²) >= 11 is 3.47. The summed E-state index contributed by atoms with van der Waals surface area (Å²) in [7, 11) is 0. The van der Waals surface area contributed by atoms with Gasteiger partial charge in [0.05, 0.1) is 25.0 Å². The molecule has 3 aromatic rings. The van der Waals surface area contributed by atoms with E-state index in [-0.39, 0.29) is 17.9 Å². The minimum absolute atomic E-state index is 0.0892. The Hall–Kier alpha value is -3.38. The molecule has 37 heavy (non-hydrogen) atoms. The molecule has 1 aliphatic carbocycles. The van der Waals surface area contributed by atoms with Crippen LogP contribution in [0.4, 0.5) is 0 Å². The van der Waals surface area contributed by atoms with Crippen molar-refractivity contribution in [2.45, 2.75) is 39.2 Å². The van der Waals surface area contributed by atoms with Gasteiger partial charge in [0.1, 0.15) is 11.5 Å². The van der Waals surface area contributed by atoms with Gasteiger partial charge in [0.25, 0.3) is 5.91 Å². The van der Waals surface area contributed by atoms with Gasteiger partial charge in [0.15, 0.2) is 0 Å². The van der Waals surface area contributed by atoms with Gasteiger partial charge in [-0.2, -0.15) is 5.10 Å². The van der Waals surface area contributed by atoms with E-state index >= 15 is 0 Å². The van der Waals surface area contributed by atoms with Gasteiger partial charge < -0.3 is 9.47 Å². The van der Waals surface area contributed by atoms with Crippen LogP contribution in [0.5, 0.6) is 11.5 Å². The summed E-state index contributed by atoms with van der Waals surface area (Å²) in [5, 5.41) is 6.72. The van der Waals surface area contributed by atoms with Crippen molar-refractivity contribution in [1.29, 1.82) is 0 Å². The van der Waals surface area contributed by atoms with Gasteiger partial charge >= 0.3 is 0 Å². The Labute approximate surface area is 226 Å². The van der Waals surface area contributed by atoms with Crippen molar-refractivity contribution in [3.05, 3.63) is 99.5 Å². The molecule has 1 amide bonds.